The zero-order valence-corrected chi connectivity index (χ0v) is 14.2. The topological polar surface area (TPSA) is 85.9 Å². The van der Waals surface area contributed by atoms with Crippen LogP contribution in [0.25, 0.3) is 0 Å². The normalized spacial score (nSPS) is 15.3. The smallest absolute Gasteiger partial charge is 0.344 e. The molecule has 25 heavy (non-hydrogen) atoms. The molecule has 1 heterocycles. The zero-order valence-electron chi connectivity index (χ0n) is 13.5. The van der Waals surface area contributed by atoms with Crippen molar-refractivity contribution in [3.8, 4) is 11.5 Å². The van der Waals surface area contributed by atoms with E-state index in [-0.39, 0.29) is 11.3 Å². The number of amides is 1. The van der Waals surface area contributed by atoms with Gasteiger partial charge in [0.1, 0.15) is 5.56 Å². The first-order valence-corrected chi connectivity index (χ1v) is 7.70. The summed E-state index contributed by atoms with van der Waals surface area (Å²) >= 11 is 5.87. The van der Waals surface area contributed by atoms with Crippen LogP contribution in [-0.4, -0.2) is 26.1 Å². The van der Waals surface area contributed by atoms with Crippen LogP contribution >= 0.6 is 11.6 Å². The molecule has 130 valence electrons. The molecule has 0 aliphatic carbocycles. The molecule has 0 unspecified atom stereocenters. The van der Waals surface area contributed by atoms with Crippen molar-refractivity contribution in [3.63, 3.8) is 0 Å². The summed E-state index contributed by atoms with van der Waals surface area (Å²) in [5.41, 5.74) is 6.36. The van der Waals surface area contributed by atoms with Crippen LogP contribution in [0.2, 0.25) is 5.02 Å². The number of nitrogens with one attached hydrogen (secondary N) is 2. The Labute approximate surface area is 148 Å². The summed E-state index contributed by atoms with van der Waals surface area (Å²) in [6, 6.07) is 9.81. The van der Waals surface area contributed by atoms with Crippen LogP contribution < -0.4 is 20.3 Å². The Morgan fingerprint density at radius 2 is 2.00 bits per heavy atom. The highest BCUT2D eigenvalue weighted by atomic mass is 35.5. The average molecular weight is 363 g/mol. The van der Waals surface area contributed by atoms with E-state index >= 15 is 0 Å². The predicted molar refractivity (Wildman–Crippen MR) is 89.8 cm³/mol. The Morgan fingerprint density at radius 3 is 2.68 bits per heavy atom. The molecule has 1 atom stereocenters. The van der Waals surface area contributed by atoms with E-state index in [0.717, 1.165) is 0 Å². The van der Waals surface area contributed by atoms with Crippen molar-refractivity contribution in [2.75, 3.05) is 14.2 Å². The van der Waals surface area contributed by atoms with Crippen LogP contribution in [-0.2, 0) is 4.74 Å². The van der Waals surface area contributed by atoms with E-state index in [1.165, 1.54) is 20.3 Å². The van der Waals surface area contributed by atoms with Crippen LogP contribution in [0.4, 0.5) is 0 Å². The number of carbonyl (C=O) groups excluding carboxylic acids is 2. The lowest BCUT2D eigenvalue weighted by atomic mass is 10.1. The van der Waals surface area contributed by atoms with Crippen molar-refractivity contribution in [2.45, 2.75) is 6.23 Å². The first-order valence-electron chi connectivity index (χ1n) is 7.32. The van der Waals surface area contributed by atoms with Gasteiger partial charge >= 0.3 is 5.97 Å². The number of hydrogen-bond donors (Lipinski definition) is 2. The van der Waals surface area contributed by atoms with Crippen LogP contribution in [0.3, 0.4) is 0 Å². The number of benzene rings is 2. The van der Waals surface area contributed by atoms with E-state index in [0.29, 0.717) is 21.9 Å². The van der Waals surface area contributed by atoms with Crippen molar-refractivity contribution in [1.82, 2.24) is 10.9 Å². The molecule has 7 nitrogen and oxygen atoms in total. The third kappa shape index (κ3) is 3.24. The van der Waals surface area contributed by atoms with Gasteiger partial charge < -0.3 is 14.2 Å². The van der Waals surface area contributed by atoms with Crippen molar-refractivity contribution >= 4 is 23.5 Å². The minimum absolute atomic E-state index is 0.261. The summed E-state index contributed by atoms with van der Waals surface area (Å²) in [6.07, 6.45) is -0.842. The molecule has 0 radical (unpaired) electrons. The second-order valence-corrected chi connectivity index (χ2v) is 5.60. The van der Waals surface area contributed by atoms with Gasteiger partial charge in [-0.2, -0.15) is 5.43 Å². The number of rotatable bonds is 5. The van der Waals surface area contributed by atoms with Gasteiger partial charge in [0.15, 0.2) is 17.7 Å². The molecule has 2 aromatic rings. The number of ether oxygens (including phenoxy) is 3. The van der Waals surface area contributed by atoms with Gasteiger partial charge in [-0.1, -0.05) is 17.7 Å². The van der Waals surface area contributed by atoms with Crippen LogP contribution in [0, 0.1) is 0 Å². The SMILES string of the molecule is COc1ccc2c(c1OC)C(=O)O[C@@H]2NNC(=O)c1cccc(Cl)c1. The number of methoxy groups -OCH3 is 2. The van der Waals surface area contributed by atoms with E-state index in [2.05, 4.69) is 10.9 Å². The molecule has 3 rings (SSSR count). The molecule has 2 N–H and O–H groups in total. The average Bonchev–Trinajstić information content (AvgIpc) is 2.94. The maximum absolute atomic E-state index is 12.2. The third-order valence-corrected chi connectivity index (χ3v) is 3.93. The lowest BCUT2D eigenvalue weighted by Gasteiger charge is -2.14. The molecule has 2 aromatic carbocycles. The highest BCUT2D eigenvalue weighted by Gasteiger charge is 2.36. The fraction of sp³-hybridized carbons (Fsp3) is 0.176. The monoisotopic (exact) mass is 362 g/mol. The summed E-state index contributed by atoms with van der Waals surface area (Å²) < 4.78 is 15.7. The summed E-state index contributed by atoms with van der Waals surface area (Å²) in [5, 5.41) is 0.446. The van der Waals surface area contributed by atoms with Gasteiger partial charge in [0, 0.05) is 16.1 Å². The van der Waals surface area contributed by atoms with Gasteiger partial charge in [-0.3, -0.25) is 10.2 Å². The summed E-state index contributed by atoms with van der Waals surface area (Å²) in [5.74, 6) is -0.273. The molecule has 1 aliphatic rings. The number of fused-ring (bicyclic) bond motifs is 1. The van der Waals surface area contributed by atoms with Crippen LogP contribution in [0.1, 0.15) is 32.5 Å². The van der Waals surface area contributed by atoms with Gasteiger partial charge in [-0.05, 0) is 30.3 Å². The standard InChI is InChI=1S/C17H15ClN2O5/c1-23-12-7-6-11-13(14(12)24-2)17(22)25-16(11)20-19-15(21)9-4-3-5-10(18)8-9/h3-8,16,20H,1-2H3,(H,19,21)/t16-/m0/s1. The predicted octanol–water partition coefficient (Wildman–Crippen LogP) is 2.46. The fourth-order valence-corrected chi connectivity index (χ4v) is 2.73. The molecule has 1 amide bonds. The first-order chi connectivity index (χ1) is 12.0. The van der Waals surface area contributed by atoms with Gasteiger partial charge in [-0.15, -0.1) is 0 Å². The maximum atomic E-state index is 12.2. The van der Waals surface area contributed by atoms with Crippen molar-refractivity contribution < 1.29 is 23.8 Å². The number of halogens is 1. The second-order valence-electron chi connectivity index (χ2n) is 5.16. The van der Waals surface area contributed by atoms with Gasteiger partial charge in [-0.25, -0.2) is 4.79 Å². The molecular formula is C17H15ClN2O5. The Kier molecular flexibility index (Phi) is 4.78. The fourth-order valence-electron chi connectivity index (χ4n) is 2.54. The second kappa shape index (κ2) is 7.00. The largest absolute Gasteiger partial charge is 0.493 e. The van der Waals surface area contributed by atoms with Gasteiger partial charge in [0.2, 0.25) is 0 Å². The maximum Gasteiger partial charge on any atom is 0.344 e. The Morgan fingerprint density at radius 1 is 1.20 bits per heavy atom. The highest BCUT2D eigenvalue weighted by Crippen LogP contribution is 2.40. The molecule has 0 aromatic heterocycles. The Bertz CT molecular complexity index is 840. The molecule has 0 bridgehead atoms. The molecule has 0 spiro atoms. The van der Waals surface area contributed by atoms with Crippen LogP contribution in [0.5, 0.6) is 11.5 Å². The highest BCUT2D eigenvalue weighted by molar-refractivity contribution is 6.30. The van der Waals surface area contributed by atoms with Crippen molar-refractivity contribution in [2.24, 2.45) is 0 Å². The number of carbonyl (C=O) groups is 2. The van der Waals surface area contributed by atoms with Crippen molar-refractivity contribution in [1.29, 1.82) is 0 Å². The Hall–Kier alpha value is -2.77. The molecule has 1 aliphatic heterocycles. The lowest BCUT2D eigenvalue weighted by molar-refractivity contribution is 0.0260. The van der Waals surface area contributed by atoms with Gasteiger partial charge in [0.05, 0.1) is 14.2 Å². The molecule has 0 saturated heterocycles. The lowest BCUT2D eigenvalue weighted by Crippen LogP contribution is -2.40. The molecule has 0 fully saturated rings. The number of hydrogen-bond acceptors (Lipinski definition) is 6. The van der Waals surface area contributed by atoms with Gasteiger partial charge in [0.25, 0.3) is 5.91 Å². The van der Waals surface area contributed by atoms with E-state index in [1.807, 2.05) is 0 Å². The minimum Gasteiger partial charge on any atom is -0.493 e. The third-order valence-electron chi connectivity index (χ3n) is 3.69. The summed E-state index contributed by atoms with van der Waals surface area (Å²) in [6.45, 7) is 0. The zero-order chi connectivity index (χ0) is 18.0. The quantitative estimate of drug-likeness (QED) is 0.627. The Balaban J connectivity index is 1.78. The van der Waals surface area contributed by atoms with Crippen LogP contribution in [0.15, 0.2) is 36.4 Å². The molecule has 8 heteroatoms. The summed E-state index contributed by atoms with van der Waals surface area (Å²) in [4.78, 5) is 24.3. The summed E-state index contributed by atoms with van der Waals surface area (Å²) in [7, 11) is 2.92. The number of cyclic esters (lactones) is 1. The minimum atomic E-state index is -0.842. The van der Waals surface area contributed by atoms with E-state index in [1.54, 1.807) is 30.3 Å². The van der Waals surface area contributed by atoms with E-state index < -0.39 is 18.1 Å². The van der Waals surface area contributed by atoms with E-state index in [9.17, 15) is 9.59 Å². The van der Waals surface area contributed by atoms with Crippen molar-refractivity contribution in [3.05, 3.63) is 58.1 Å². The number of esters is 1. The molecular weight excluding hydrogens is 348 g/mol. The number of hydrazine groups is 1. The van der Waals surface area contributed by atoms with E-state index in [4.69, 9.17) is 25.8 Å². The first kappa shape index (κ1) is 17.1. The molecule has 0 saturated carbocycles.